The van der Waals surface area contributed by atoms with E-state index < -0.39 is 69.4 Å². The van der Waals surface area contributed by atoms with Crippen molar-refractivity contribution in [2.24, 2.45) is 11.3 Å². The van der Waals surface area contributed by atoms with Gasteiger partial charge in [-0.05, 0) is 85.9 Å². The summed E-state index contributed by atoms with van der Waals surface area (Å²) in [7, 11) is -2.79. The lowest BCUT2D eigenvalue weighted by Gasteiger charge is -2.35. The van der Waals surface area contributed by atoms with E-state index in [1.54, 1.807) is 7.11 Å². The first-order valence-corrected chi connectivity index (χ1v) is 19.6. The Bertz CT molecular complexity index is 1800. The SMILES string of the molecule is CCC1C[C@]1(NC(=O)C1CC(Oc2cccc3cc(OC)ccc23)CN1C(=O)C(NC(=O)OC1CCCC1)C(C)(C)C)C(=O)NS(=O)(=O)OC1CC1. The summed E-state index contributed by atoms with van der Waals surface area (Å²) in [5, 5.41) is 7.30. The van der Waals surface area contributed by atoms with Crippen molar-refractivity contribution in [1.82, 2.24) is 20.3 Å². The number of rotatable bonds is 13. The van der Waals surface area contributed by atoms with E-state index in [1.165, 1.54) is 4.90 Å². The molecule has 5 atom stereocenters. The molecule has 2 aromatic carbocycles. The van der Waals surface area contributed by atoms with Gasteiger partial charge in [-0.25, -0.2) is 9.52 Å². The number of amides is 4. The van der Waals surface area contributed by atoms with Crippen molar-refractivity contribution in [2.75, 3.05) is 13.7 Å². The molecule has 0 aromatic heterocycles. The zero-order valence-electron chi connectivity index (χ0n) is 30.4. The van der Waals surface area contributed by atoms with Gasteiger partial charge in [-0.3, -0.25) is 18.6 Å². The van der Waals surface area contributed by atoms with Crippen molar-refractivity contribution in [2.45, 2.75) is 121 Å². The van der Waals surface area contributed by atoms with Crippen molar-refractivity contribution in [3.8, 4) is 11.5 Å². The topological polar surface area (TPSA) is 179 Å². The maximum atomic E-state index is 14.5. The highest BCUT2D eigenvalue weighted by Crippen LogP contribution is 2.47. The molecule has 1 saturated heterocycles. The molecule has 0 radical (unpaired) electrons. The molecule has 4 amide bonds. The molecule has 0 spiro atoms. The van der Waals surface area contributed by atoms with Crippen molar-refractivity contribution < 1.29 is 46.0 Å². The van der Waals surface area contributed by atoms with Gasteiger partial charge >= 0.3 is 16.4 Å². The molecular formula is C37H50N4O10S. The maximum Gasteiger partial charge on any atom is 0.408 e. The van der Waals surface area contributed by atoms with Crippen LogP contribution >= 0.6 is 0 Å². The quantitative estimate of drug-likeness (QED) is 0.271. The summed E-state index contributed by atoms with van der Waals surface area (Å²) in [5.74, 6) is -1.11. The third kappa shape index (κ3) is 8.41. The Morgan fingerprint density at radius 1 is 1.00 bits per heavy atom. The molecule has 52 heavy (non-hydrogen) atoms. The van der Waals surface area contributed by atoms with Crippen LogP contribution in [-0.2, 0) is 33.6 Å². The second-order valence-corrected chi connectivity index (χ2v) is 16.8. The Hall–Kier alpha value is -4.11. The minimum absolute atomic E-state index is 0.00933. The summed E-state index contributed by atoms with van der Waals surface area (Å²) >= 11 is 0. The fourth-order valence-corrected chi connectivity index (χ4v) is 8.33. The Morgan fingerprint density at radius 3 is 2.37 bits per heavy atom. The number of hydrogen-bond donors (Lipinski definition) is 3. The number of nitrogens with one attached hydrogen (secondary N) is 3. The lowest BCUT2D eigenvalue weighted by atomic mass is 9.85. The van der Waals surface area contributed by atoms with E-state index in [0.717, 1.165) is 36.5 Å². The number of ether oxygens (including phenoxy) is 3. The fraction of sp³-hybridized carbons (Fsp3) is 0.622. The van der Waals surface area contributed by atoms with Gasteiger partial charge in [0.1, 0.15) is 41.3 Å². The van der Waals surface area contributed by atoms with Crippen LogP contribution < -0.4 is 24.8 Å². The van der Waals surface area contributed by atoms with E-state index in [1.807, 2.05) is 68.8 Å². The summed E-state index contributed by atoms with van der Waals surface area (Å²) < 4.78 is 49.7. The molecule has 1 heterocycles. The van der Waals surface area contributed by atoms with Gasteiger partial charge < -0.3 is 29.7 Å². The Kier molecular flexibility index (Phi) is 10.7. The molecule has 3 aliphatic carbocycles. The monoisotopic (exact) mass is 742 g/mol. The van der Waals surface area contributed by atoms with Gasteiger partial charge in [-0.2, -0.15) is 8.42 Å². The minimum atomic E-state index is -4.38. The Labute approximate surface area is 304 Å². The highest BCUT2D eigenvalue weighted by molar-refractivity contribution is 7.85. The summed E-state index contributed by atoms with van der Waals surface area (Å²) in [5.41, 5.74) is -2.28. The third-order valence-electron chi connectivity index (χ3n) is 10.5. The van der Waals surface area contributed by atoms with Crippen LogP contribution in [0.25, 0.3) is 10.8 Å². The molecule has 4 fully saturated rings. The van der Waals surface area contributed by atoms with Crippen LogP contribution in [0.3, 0.4) is 0 Å². The molecule has 3 saturated carbocycles. The van der Waals surface area contributed by atoms with E-state index in [0.29, 0.717) is 30.8 Å². The first-order valence-electron chi connectivity index (χ1n) is 18.2. The number of carbonyl (C=O) groups is 4. The Morgan fingerprint density at radius 2 is 1.73 bits per heavy atom. The number of methoxy groups -OCH3 is 1. The zero-order chi connectivity index (χ0) is 37.4. The van der Waals surface area contributed by atoms with Crippen LogP contribution in [0.15, 0.2) is 36.4 Å². The highest BCUT2D eigenvalue weighted by atomic mass is 32.2. The van der Waals surface area contributed by atoms with Gasteiger partial charge in [0.25, 0.3) is 5.91 Å². The minimum Gasteiger partial charge on any atom is -0.497 e. The van der Waals surface area contributed by atoms with Gasteiger partial charge in [0.05, 0.1) is 19.8 Å². The van der Waals surface area contributed by atoms with Gasteiger partial charge in [0.15, 0.2) is 0 Å². The lowest BCUT2D eigenvalue weighted by Crippen LogP contribution is -2.60. The Balaban J connectivity index is 1.26. The van der Waals surface area contributed by atoms with Crippen LogP contribution in [0.5, 0.6) is 11.5 Å². The third-order valence-corrected chi connectivity index (χ3v) is 11.5. The largest absolute Gasteiger partial charge is 0.497 e. The zero-order valence-corrected chi connectivity index (χ0v) is 31.3. The molecule has 15 heteroatoms. The predicted molar refractivity (Wildman–Crippen MR) is 191 cm³/mol. The summed E-state index contributed by atoms with van der Waals surface area (Å²) in [4.78, 5) is 56.8. The van der Waals surface area contributed by atoms with Gasteiger partial charge in [0, 0.05) is 11.8 Å². The second kappa shape index (κ2) is 14.7. The van der Waals surface area contributed by atoms with Crippen molar-refractivity contribution in [3.63, 3.8) is 0 Å². The van der Waals surface area contributed by atoms with E-state index in [2.05, 4.69) is 10.6 Å². The van der Waals surface area contributed by atoms with E-state index in [4.69, 9.17) is 18.4 Å². The first-order chi connectivity index (χ1) is 24.6. The van der Waals surface area contributed by atoms with Gasteiger partial charge in [-0.1, -0.05) is 46.2 Å². The fourth-order valence-electron chi connectivity index (χ4n) is 7.33. The molecule has 284 valence electrons. The standard InChI is InChI=1S/C37H50N4O10S/c1-6-23-20-37(23,34(44)40-52(46,47)51-25-14-15-25)39-32(42)29-19-27(49-30-13-9-10-22-18-26(48-5)16-17-28(22)30)21-41(29)33(43)31(36(2,3)4)38-35(45)50-24-11-7-8-12-24/h9-10,13,16-18,23-25,27,29,31H,6-8,11-12,14-15,19-21H2,1-5H3,(H,38,45)(H,39,42)(H,40,44)/t23?,27?,29?,31?,37-/m1/s1. The van der Waals surface area contributed by atoms with E-state index in [-0.39, 0.29) is 31.4 Å². The number of likely N-dealkylation sites (tertiary alicyclic amines) is 1. The van der Waals surface area contributed by atoms with E-state index >= 15 is 0 Å². The summed E-state index contributed by atoms with van der Waals surface area (Å²) in [6.45, 7) is 7.30. The normalized spacial score (nSPS) is 25.3. The van der Waals surface area contributed by atoms with Gasteiger partial charge in [-0.15, -0.1) is 0 Å². The average molecular weight is 743 g/mol. The molecule has 0 bridgehead atoms. The number of alkyl carbamates (subject to hydrolysis) is 1. The molecule has 4 aliphatic rings. The number of fused-ring (bicyclic) bond motifs is 1. The molecular weight excluding hydrogens is 692 g/mol. The highest BCUT2D eigenvalue weighted by Gasteiger charge is 2.62. The van der Waals surface area contributed by atoms with Crippen molar-refractivity contribution in [3.05, 3.63) is 36.4 Å². The molecule has 3 N–H and O–H groups in total. The van der Waals surface area contributed by atoms with Gasteiger partial charge in [0.2, 0.25) is 11.8 Å². The van der Waals surface area contributed by atoms with Crippen LogP contribution in [0.4, 0.5) is 4.79 Å². The molecule has 2 aromatic rings. The van der Waals surface area contributed by atoms with Crippen LogP contribution in [0.1, 0.15) is 85.5 Å². The van der Waals surface area contributed by atoms with Crippen molar-refractivity contribution in [1.29, 1.82) is 0 Å². The molecule has 1 aliphatic heterocycles. The lowest BCUT2D eigenvalue weighted by molar-refractivity contribution is -0.143. The van der Waals surface area contributed by atoms with Crippen molar-refractivity contribution >= 4 is 44.9 Å². The van der Waals surface area contributed by atoms with E-state index in [9.17, 15) is 27.6 Å². The van der Waals surface area contributed by atoms with Crippen LogP contribution in [0.2, 0.25) is 0 Å². The molecule has 6 rings (SSSR count). The second-order valence-electron chi connectivity index (χ2n) is 15.5. The molecule has 4 unspecified atom stereocenters. The average Bonchev–Trinajstić information content (AvgIpc) is 3.92. The number of carbonyl (C=O) groups excluding carboxylic acids is 4. The maximum absolute atomic E-state index is 14.5. The smallest absolute Gasteiger partial charge is 0.408 e. The summed E-state index contributed by atoms with van der Waals surface area (Å²) in [6, 6.07) is 8.99. The van der Waals surface area contributed by atoms with Crippen LogP contribution in [0, 0.1) is 11.3 Å². The number of benzene rings is 2. The first kappa shape index (κ1) is 37.6. The van der Waals surface area contributed by atoms with Crippen LogP contribution in [-0.4, -0.2) is 86.7 Å². The summed E-state index contributed by atoms with van der Waals surface area (Å²) in [6.07, 6.45) is 3.40. The predicted octanol–water partition coefficient (Wildman–Crippen LogP) is 4.11. The number of nitrogens with zero attached hydrogens (tertiary/aromatic N) is 1. The molecule has 14 nitrogen and oxygen atoms in total. The number of hydrogen-bond acceptors (Lipinski definition) is 10.